The molecule has 0 aliphatic carbocycles. The van der Waals surface area contributed by atoms with E-state index < -0.39 is 33.6 Å². The molecule has 112 valence electrons. The molecule has 7 heteroatoms. The highest BCUT2D eigenvalue weighted by atomic mass is 16.4. The predicted octanol–water partition coefficient (Wildman–Crippen LogP) is 0.916. The summed E-state index contributed by atoms with van der Waals surface area (Å²) in [6, 6.07) is 7.11. The molecular weight excluding hydrogens is 304 g/mol. The van der Waals surface area contributed by atoms with E-state index in [1.165, 1.54) is 30.3 Å². The minimum Gasteiger partial charge on any atom is -0.506 e. The van der Waals surface area contributed by atoms with E-state index in [0.717, 1.165) is 0 Å². The molecule has 0 fully saturated rings. The molecule has 0 aliphatic rings. The fraction of sp³-hybridized carbons (Fsp3) is 0. The van der Waals surface area contributed by atoms with Crippen LogP contribution in [0.2, 0.25) is 0 Å². The zero-order valence-corrected chi connectivity index (χ0v) is 11.3. The van der Waals surface area contributed by atoms with E-state index in [9.17, 15) is 24.3 Å². The Balaban J connectivity index is 2.66. The minimum absolute atomic E-state index is 0.123. The van der Waals surface area contributed by atoms with Gasteiger partial charge in [0.05, 0.1) is 10.8 Å². The van der Waals surface area contributed by atoms with Gasteiger partial charge in [-0.15, -0.1) is 0 Å². The van der Waals surface area contributed by atoms with E-state index in [0.29, 0.717) is 5.39 Å². The molecule has 0 atom stereocenters. The lowest BCUT2D eigenvalue weighted by Crippen LogP contribution is -2.08. The standard InChI is InChI=1S/C16H6O7/c17-12-10-8-5-9(14(19)23-15(10)20)11(12)16(21)22-13(18)7-3-1-6(8)2-4-7/h1-5,17H. The van der Waals surface area contributed by atoms with Crippen molar-refractivity contribution in [1.29, 1.82) is 0 Å². The highest BCUT2D eigenvalue weighted by Gasteiger charge is 2.19. The van der Waals surface area contributed by atoms with Gasteiger partial charge in [-0.1, -0.05) is 12.1 Å². The highest BCUT2D eigenvalue weighted by Crippen LogP contribution is 2.30. The highest BCUT2D eigenvalue weighted by molar-refractivity contribution is 6.09. The summed E-state index contributed by atoms with van der Waals surface area (Å²) in [6.45, 7) is 0. The van der Waals surface area contributed by atoms with E-state index in [1.54, 1.807) is 0 Å². The summed E-state index contributed by atoms with van der Waals surface area (Å²) in [5, 5.41) is 9.90. The molecule has 1 N–H and O–H groups in total. The van der Waals surface area contributed by atoms with Crippen molar-refractivity contribution in [2.45, 2.75) is 0 Å². The zero-order chi connectivity index (χ0) is 16.3. The minimum atomic E-state index is -1.23. The summed E-state index contributed by atoms with van der Waals surface area (Å²) >= 11 is 0. The van der Waals surface area contributed by atoms with Gasteiger partial charge in [0.15, 0.2) is 0 Å². The molecule has 6 bridgehead atoms. The molecule has 7 nitrogen and oxygen atoms in total. The molecule has 23 heavy (non-hydrogen) atoms. The monoisotopic (exact) mass is 310 g/mol. The topological polar surface area (TPSA) is 115 Å². The zero-order valence-electron chi connectivity index (χ0n) is 11.3. The number of hydrogen-bond acceptors (Lipinski definition) is 7. The molecule has 0 spiro atoms. The molecule has 0 saturated carbocycles. The van der Waals surface area contributed by atoms with Crippen LogP contribution < -0.4 is 22.5 Å². The molecule has 8 rings (SSSR count). The normalized spacial score (nSPS) is 11.5. The maximum atomic E-state index is 12.2. The van der Waals surface area contributed by atoms with Crippen molar-refractivity contribution in [3.63, 3.8) is 0 Å². The van der Waals surface area contributed by atoms with E-state index in [2.05, 4.69) is 8.83 Å². The van der Waals surface area contributed by atoms with Crippen molar-refractivity contribution < 1.29 is 13.9 Å². The molecule has 6 heterocycles. The molecule has 0 unspecified atom stereocenters. The average Bonchev–Trinajstić information content (AvgIpc) is 2.71. The fourth-order valence-corrected chi connectivity index (χ4v) is 2.64. The molecule has 0 saturated heterocycles. The number of rotatable bonds is 0. The van der Waals surface area contributed by atoms with Gasteiger partial charge >= 0.3 is 22.5 Å². The number of phenols is 1. The van der Waals surface area contributed by atoms with Crippen molar-refractivity contribution in [3.05, 3.63) is 72.0 Å². The third-order valence-electron chi connectivity index (χ3n) is 3.73. The SMILES string of the molecule is O=c1oc(=O)c2c(O)c3c(=O)oc(=O)c2cc3c2ccc1cc2. The van der Waals surface area contributed by atoms with Crippen molar-refractivity contribution in [2.75, 3.05) is 0 Å². The van der Waals surface area contributed by atoms with Gasteiger partial charge in [-0.25, -0.2) is 19.2 Å². The van der Waals surface area contributed by atoms with Crippen LogP contribution in [0.3, 0.4) is 0 Å². The van der Waals surface area contributed by atoms with Crippen LogP contribution in [0.1, 0.15) is 0 Å². The van der Waals surface area contributed by atoms with Gasteiger partial charge in [0.2, 0.25) is 0 Å². The first-order valence-corrected chi connectivity index (χ1v) is 6.51. The van der Waals surface area contributed by atoms with Crippen LogP contribution in [0.25, 0.3) is 32.3 Å². The van der Waals surface area contributed by atoms with Crippen molar-refractivity contribution in [2.24, 2.45) is 0 Å². The number of hydrogen-bond donors (Lipinski definition) is 1. The number of aromatic hydroxyl groups is 1. The smallest absolute Gasteiger partial charge is 0.350 e. The van der Waals surface area contributed by atoms with Gasteiger partial charge in [0.1, 0.15) is 16.5 Å². The van der Waals surface area contributed by atoms with Crippen LogP contribution in [0.4, 0.5) is 0 Å². The first kappa shape index (κ1) is 13.2. The van der Waals surface area contributed by atoms with Crippen LogP contribution in [0.15, 0.2) is 58.3 Å². The Morgan fingerprint density at radius 3 is 1.83 bits per heavy atom. The molecule has 0 aliphatic heterocycles. The van der Waals surface area contributed by atoms with Crippen LogP contribution >= 0.6 is 0 Å². The van der Waals surface area contributed by atoms with E-state index >= 15 is 0 Å². The van der Waals surface area contributed by atoms with E-state index in [1.807, 2.05) is 0 Å². The molecule has 2 aromatic carbocycles. The van der Waals surface area contributed by atoms with E-state index in [4.69, 9.17) is 0 Å². The van der Waals surface area contributed by atoms with Crippen LogP contribution in [0.5, 0.6) is 5.75 Å². The van der Waals surface area contributed by atoms with Gasteiger partial charge in [0, 0.05) is 5.39 Å². The summed E-state index contributed by atoms with van der Waals surface area (Å²) in [6.07, 6.45) is 0. The predicted molar refractivity (Wildman–Crippen MR) is 81.4 cm³/mol. The van der Waals surface area contributed by atoms with Crippen LogP contribution in [0, 0.1) is 0 Å². The number of phenolic OH excluding ortho intramolecular Hbond substituents is 1. The van der Waals surface area contributed by atoms with Crippen molar-refractivity contribution in [1.82, 2.24) is 0 Å². The third-order valence-corrected chi connectivity index (χ3v) is 3.73. The third kappa shape index (κ3) is 1.70. The average molecular weight is 310 g/mol. The van der Waals surface area contributed by atoms with Crippen LogP contribution in [-0.2, 0) is 0 Å². The number of fused-ring (bicyclic) bond motifs is 2. The molecule has 6 aromatic heterocycles. The van der Waals surface area contributed by atoms with Gasteiger partial charge in [0.25, 0.3) is 0 Å². The van der Waals surface area contributed by atoms with Crippen molar-refractivity contribution in [3.8, 4) is 5.75 Å². The van der Waals surface area contributed by atoms with Gasteiger partial charge in [-0.05, 0) is 23.6 Å². The summed E-state index contributed by atoms with van der Waals surface area (Å²) in [4.78, 5) is 48.1. The fourth-order valence-electron chi connectivity index (χ4n) is 2.64. The lowest BCUT2D eigenvalue weighted by atomic mass is 10.0. The Morgan fingerprint density at radius 1 is 0.652 bits per heavy atom. The van der Waals surface area contributed by atoms with Gasteiger partial charge in [-0.2, -0.15) is 0 Å². The second-order valence-electron chi connectivity index (χ2n) is 5.00. The maximum absolute atomic E-state index is 12.2. The van der Waals surface area contributed by atoms with Gasteiger partial charge in [-0.3, -0.25) is 0 Å². The van der Waals surface area contributed by atoms with Crippen LogP contribution in [-0.4, -0.2) is 5.11 Å². The Bertz CT molecular complexity index is 1320. The van der Waals surface area contributed by atoms with Crippen molar-refractivity contribution >= 4 is 32.3 Å². The lowest BCUT2D eigenvalue weighted by Gasteiger charge is -1.98. The largest absolute Gasteiger partial charge is 0.506 e. The summed E-state index contributed by atoms with van der Waals surface area (Å²) < 4.78 is 9.26. The Hall–Kier alpha value is -3.48. The number of benzene rings is 2. The summed E-state index contributed by atoms with van der Waals surface area (Å²) in [5.74, 6) is -0.740. The molecule has 0 amide bonds. The first-order valence-electron chi connectivity index (χ1n) is 6.51. The first-order chi connectivity index (χ1) is 11.0. The lowest BCUT2D eigenvalue weighted by molar-refractivity contribution is 0.469. The molecular formula is C16H6O7. The Labute approximate surface area is 125 Å². The maximum Gasteiger partial charge on any atom is 0.350 e. The van der Waals surface area contributed by atoms with E-state index in [-0.39, 0.29) is 21.5 Å². The van der Waals surface area contributed by atoms with Gasteiger partial charge < -0.3 is 13.9 Å². The quantitative estimate of drug-likeness (QED) is 0.513. The molecule has 8 aromatic rings. The second-order valence-corrected chi connectivity index (χ2v) is 5.00. The second kappa shape index (κ2) is 4.26. The summed E-state index contributed by atoms with van der Waals surface area (Å²) in [5.41, 5.74) is -4.34. The summed E-state index contributed by atoms with van der Waals surface area (Å²) in [7, 11) is 0. The molecule has 0 radical (unpaired) electrons. The Kier molecular flexibility index (Phi) is 2.45. The Morgan fingerprint density at radius 2 is 1.17 bits per heavy atom.